The van der Waals surface area contributed by atoms with Crippen LogP contribution in [0.25, 0.3) is 11.1 Å². The van der Waals surface area contributed by atoms with Crippen molar-refractivity contribution in [3.8, 4) is 0 Å². The highest BCUT2D eigenvalue weighted by Gasteiger charge is 2.17. The first-order valence-corrected chi connectivity index (χ1v) is 9.16. The molecule has 3 aliphatic rings. The summed E-state index contributed by atoms with van der Waals surface area (Å²) in [6.07, 6.45) is 14.3. The van der Waals surface area contributed by atoms with Gasteiger partial charge >= 0.3 is 0 Å². The van der Waals surface area contributed by atoms with Crippen molar-refractivity contribution in [2.45, 2.75) is 38.5 Å². The molecule has 2 aromatic carbocycles. The normalized spacial score (nSPS) is 18.6. The van der Waals surface area contributed by atoms with Gasteiger partial charge in [-0.2, -0.15) is 0 Å². The molecule has 0 heteroatoms. The molecule has 5 rings (SSSR count). The second-order valence-corrected chi connectivity index (χ2v) is 7.07. The summed E-state index contributed by atoms with van der Waals surface area (Å²) in [6.45, 7) is 0. The van der Waals surface area contributed by atoms with Crippen LogP contribution < -0.4 is 10.4 Å². The molecule has 0 N–H and O–H groups in total. The van der Waals surface area contributed by atoms with Gasteiger partial charge in [-0.1, -0.05) is 66.6 Å². The minimum absolute atomic E-state index is 1.04. The summed E-state index contributed by atoms with van der Waals surface area (Å²) in [6, 6.07) is 17.3. The van der Waals surface area contributed by atoms with E-state index in [1.54, 1.807) is 5.57 Å². The lowest BCUT2D eigenvalue weighted by molar-refractivity contribution is 0.643. The van der Waals surface area contributed by atoms with Crippen molar-refractivity contribution in [2.75, 3.05) is 0 Å². The third-order valence-electron chi connectivity index (χ3n) is 5.61. The summed E-state index contributed by atoms with van der Waals surface area (Å²) >= 11 is 0. The average molecular weight is 309 g/mol. The van der Waals surface area contributed by atoms with E-state index >= 15 is 0 Å². The van der Waals surface area contributed by atoms with Crippen molar-refractivity contribution in [2.24, 2.45) is 0 Å². The maximum atomic E-state index is 3.83. The Morgan fingerprint density at radius 1 is 0.792 bits per heavy atom. The third kappa shape index (κ3) is 2.13. The van der Waals surface area contributed by atoms with Crippen molar-refractivity contribution < 1.29 is 0 Å². The van der Waals surface area contributed by atoms with E-state index in [9.17, 15) is 0 Å². The number of rotatable bonds is 1. The zero-order chi connectivity index (χ0) is 15.9. The van der Waals surface area contributed by atoms with Crippen molar-refractivity contribution in [3.63, 3.8) is 0 Å². The molecule has 0 spiro atoms. The lowest BCUT2D eigenvalue weighted by Gasteiger charge is -2.14. The molecule has 1 radical (unpaired) electrons. The van der Waals surface area contributed by atoms with Gasteiger partial charge in [0.1, 0.15) is 0 Å². The van der Waals surface area contributed by atoms with Crippen LogP contribution in [0.5, 0.6) is 0 Å². The zero-order valence-electron chi connectivity index (χ0n) is 13.9. The van der Waals surface area contributed by atoms with Crippen LogP contribution in [-0.2, 0) is 0 Å². The van der Waals surface area contributed by atoms with E-state index in [0.717, 1.165) is 6.42 Å². The highest BCUT2D eigenvalue weighted by Crippen LogP contribution is 2.29. The molecule has 0 amide bonds. The van der Waals surface area contributed by atoms with E-state index in [2.05, 4.69) is 60.7 Å². The van der Waals surface area contributed by atoms with Crippen molar-refractivity contribution in [1.82, 2.24) is 0 Å². The molecule has 0 unspecified atom stereocenters. The Morgan fingerprint density at radius 2 is 1.62 bits per heavy atom. The Hall–Kier alpha value is -2.34. The summed E-state index contributed by atoms with van der Waals surface area (Å²) in [7, 11) is 0. The fourth-order valence-electron chi connectivity index (χ4n) is 4.41. The summed E-state index contributed by atoms with van der Waals surface area (Å²) < 4.78 is 0. The van der Waals surface area contributed by atoms with Crippen LogP contribution >= 0.6 is 0 Å². The second kappa shape index (κ2) is 5.63. The average Bonchev–Trinajstić information content (AvgIpc) is 3.27. The van der Waals surface area contributed by atoms with Gasteiger partial charge in [-0.05, 0) is 75.8 Å². The van der Waals surface area contributed by atoms with E-state index in [4.69, 9.17) is 0 Å². The van der Waals surface area contributed by atoms with Gasteiger partial charge in [0.15, 0.2) is 0 Å². The van der Waals surface area contributed by atoms with Gasteiger partial charge in [-0.3, -0.25) is 0 Å². The summed E-state index contributed by atoms with van der Waals surface area (Å²) in [5.74, 6) is 0. The Balaban J connectivity index is 1.82. The first kappa shape index (κ1) is 14.0. The topological polar surface area (TPSA) is 0 Å². The number of hydrogen-bond acceptors (Lipinski definition) is 0. The maximum absolute atomic E-state index is 3.83. The van der Waals surface area contributed by atoms with Crippen LogP contribution in [0.15, 0.2) is 60.2 Å². The molecule has 0 bridgehead atoms. The first-order chi connectivity index (χ1) is 11.9. The molecule has 1 fully saturated rings. The fourth-order valence-corrected chi connectivity index (χ4v) is 4.41. The molecule has 3 aliphatic carbocycles. The van der Waals surface area contributed by atoms with Crippen molar-refractivity contribution >= 4 is 11.1 Å². The van der Waals surface area contributed by atoms with Crippen LogP contribution in [0.1, 0.15) is 44.1 Å². The molecule has 0 heterocycles. The number of benzene rings is 2. The standard InChI is InChI=1S/C24H21/c1-2-8-17(9-3-1)19-14-15-21-20-12-6-7-13-22(20)24(23(21)16-19)18-10-4-5-11-18/h4-7,10,12-15H,1-3,8-9,11H2. The van der Waals surface area contributed by atoms with Crippen LogP contribution in [0.4, 0.5) is 0 Å². The number of hydrogen-bond donors (Lipinski definition) is 0. The predicted molar refractivity (Wildman–Crippen MR) is 99.5 cm³/mol. The lowest BCUT2D eigenvalue weighted by Crippen LogP contribution is -2.11. The molecule has 0 aromatic heterocycles. The number of fused-ring (bicyclic) bond motifs is 2. The Kier molecular flexibility index (Phi) is 3.29. The van der Waals surface area contributed by atoms with E-state index in [1.165, 1.54) is 69.7 Å². The minimum Gasteiger partial charge on any atom is -0.0801 e. The zero-order valence-corrected chi connectivity index (χ0v) is 13.9. The van der Waals surface area contributed by atoms with Crippen LogP contribution in [0.2, 0.25) is 0 Å². The van der Waals surface area contributed by atoms with Crippen molar-refractivity contribution in [1.29, 1.82) is 0 Å². The highest BCUT2D eigenvalue weighted by molar-refractivity contribution is 5.82. The van der Waals surface area contributed by atoms with Crippen molar-refractivity contribution in [3.05, 3.63) is 92.7 Å². The van der Waals surface area contributed by atoms with E-state index < -0.39 is 0 Å². The molecule has 117 valence electrons. The van der Waals surface area contributed by atoms with Crippen LogP contribution in [0, 0.1) is 16.5 Å². The van der Waals surface area contributed by atoms with Gasteiger partial charge in [0.2, 0.25) is 0 Å². The van der Waals surface area contributed by atoms with Gasteiger partial charge < -0.3 is 0 Å². The molecule has 0 saturated heterocycles. The van der Waals surface area contributed by atoms with Crippen LogP contribution in [-0.4, -0.2) is 0 Å². The van der Waals surface area contributed by atoms with Gasteiger partial charge in [0.25, 0.3) is 0 Å². The first-order valence-electron chi connectivity index (χ1n) is 9.16. The second-order valence-electron chi connectivity index (χ2n) is 7.07. The molecule has 0 nitrogen and oxygen atoms in total. The quantitative estimate of drug-likeness (QED) is 0.737. The highest BCUT2D eigenvalue weighted by atomic mass is 14.2. The molecule has 2 aromatic rings. The summed E-state index contributed by atoms with van der Waals surface area (Å²) in [5, 5.41) is 5.45. The number of allylic oxidation sites excluding steroid dienone is 4. The molecule has 0 atom stereocenters. The van der Waals surface area contributed by atoms with E-state index in [0.29, 0.717) is 0 Å². The van der Waals surface area contributed by atoms with Gasteiger partial charge in [0, 0.05) is 0 Å². The lowest BCUT2D eigenvalue weighted by atomic mass is 9.91. The summed E-state index contributed by atoms with van der Waals surface area (Å²) in [4.78, 5) is 0. The van der Waals surface area contributed by atoms with E-state index in [1.807, 2.05) is 0 Å². The fraction of sp³-hybridized carbons (Fsp3) is 0.250. The largest absolute Gasteiger partial charge is 0.0801 e. The minimum atomic E-state index is 1.04. The maximum Gasteiger partial charge on any atom is -0.00110 e. The molecule has 0 aliphatic heterocycles. The predicted octanol–water partition coefficient (Wildman–Crippen LogP) is 4.29. The van der Waals surface area contributed by atoms with E-state index in [-0.39, 0.29) is 0 Å². The third-order valence-corrected chi connectivity index (χ3v) is 5.61. The Labute approximate surface area is 142 Å². The molecular weight excluding hydrogens is 288 g/mol. The molecule has 24 heavy (non-hydrogen) atoms. The monoisotopic (exact) mass is 309 g/mol. The smallest absolute Gasteiger partial charge is 0.00110 e. The molecule has 1 saturated carbocycles. The Morgan fingerprint density at radius 3 is 2.42 bits per heavy atom. The van der Waals surface area contributed by atoms with Gasteiger partial charge in [0.05, 0.1) is 0 Å². The van der Waals surface area contributed by atoms with Crippen LogP contribution in [0.3, 0.4) is 0 Å². The summed E-state index contributed by atoms with van der Waals surface area (Å²) in [5.41, 5.74) is 5.77. The molecular formula is C24H21. The van der Waals surface area contributed by atoms with Gasteiger partial charge in [-0.15, -0.1) is 0 Å². The SMILES string of the molecule is [c]1c2c(ccc1=C1CCCCC1)=c1ccccc1=C2C1=CC=CC1. The van der Waals surface area contributed by atoms with Gasteiger partial charge in [-0.25, -0.2) is 0 Å². The Bertz CT molecular complexity index is 1090.